The lowest BCUT2D eigenvalue weighted by Crippen LogP contribution is -1.92. The minimum Gasteiger partial charge on any atom is -0.125 e. The normalized spacial score (nSPS) is 11.6. The van der Waals surface area contributed by atoms with Crippen molar-refractivity contribution in [3.8, 4) is 0 Å². The maximum Gasteiger partial charge on any atom is 0.0344 e. The number of benzene rings is 1. The molecule has 0 fully saturated rings. The molecule has 0 nitrogen and oxygen atoms in total. The second-order valence-corrected chi connectivity index (χ2v) is 20.7. The van der Waals surface area contributed by atoms with Gasteiger partial charge in [-0.25, -0.2) is 0 Å². The predicted octanol–water partition coefficient (Wildman–Crippen LogP) is 20.5. The van der Waals surface area contributed by atoms with Crippen LogP contribution in [0.4, 0.5) is 0 Å². The molecular formula is C52H98S3. The molecule has 0 aliphatic heterocycles. The van der Waals surface area contributed by atoms with Crippen LogP contribution in [0.5, 0.6) is 0 Å². The van der Waals surface area contributed by atoms with Crippen molar-refractivity contribution in [2.75, 3.05) is 17.3 Å². The average Bonchev–Trinajstić information content (AvgIpc) is 3.18. The molecule has 0 radical (unpaired) electrons. The Hall–Kier alpha value is 0.270. The van der Waals surface area contributed by atoms with Crippen LogP contribution >= 0.6 is 35.3 Å². The Bertz CT molecular complexity index is 844. The van der Waals surface area contributed by atoms with Crippen LogP contribution in [-0.2, 0) is 0 Å². The van der Waals surface area contributed by atoms with Crippen LogP contribution in [0.15, 0.2) is 26.8 Å². The van der Waals surface area contributed by atoms with Gasteiger partial charge in [-0.3, -0.25) is 0 Å². The summed E-state index contributed by atoms with van der Waals surface area (Å²) in [4.78, 5) is 4.81. The van der Waals surface area contributed by atoms with Gasteiger partial charge in [-0.15, -0.1) is 35.3 Å². The van der Waals surface area contributed by atoms with Gasteiger partial charge in [0, 0.05) is 14.7 Å². The number of hydrogen-bond donors (Lipinski definition) is 0. The van der Waals surface area contributed by atoms with Gasteiger partial charge in [0.15, 0.2) is 0 Å². The van der Waals surface area contributed by atoms with Crippen molar-refractivity contribution < 1.29 is 0 Å². The Morgan fingerprint density at radius 2 is 0.473 bits per heavy atom. The molecule has 0 aliphatic carbocycles. The van der Waals surface area contributed by atoms with E-state index in [0.717, 1.165) is 0 Å². The third kappa shape index (κ3) is 35.9. The van der Waals surface area contributed by atoms with Crippen molar-refractivity contribution in [2.45, 2.75) is 293 Å². The van der Waals surface area contributed by atoms with E-state index >= 15 is 0 Å². The summed E-state index contributed by atoms with van der Waals surface area (Å²) < 4.78 is 0. The van der Waals surface area contributed by atoms with Gasteiger partial charge in [0.05, 0.1) is 0 Å². The molecule has 55 heavy (non-hydrogen) atoms. The molecule has 1 aromatic carbocycles. The SMILES string of the molecule is CCCCCCCCCCCCCCCSc1cc(C)cc(SCCCCCCCCCCCCCCC)c1SCCCCCCCCCCCCCCC. The van der Waals surface area contributed by atoms with Crippen LogP contribution in [0.3, 0.4) is 0 Å². The minimum absolute atomic E-state index is 1.29. The van der Waals surface area contributed by atoms with Crippen LogP contribution < -0.4 is 0 Å². The summed E-state index contributed by atoms with van der Waals surface area (Å²) in [6, 6.07) is 5.04. The lowest BCUT2D eigenvalue weighted by Gasteiger charge is -2.16. The van der Waals surface area contributed by atoms with Gasteiger partial charge in [-0.1, -0.05) is 252 Å². The second-order valence-electron chi connectivity index (χ2n) is 17.4. The molecule has 1 aromatic rings. The average molecular weight is 820 g/mol. The molecule has 3 heteroatoms. The molecule has 0 atom stereocenters. The lowest BCUT2D eigenvalue weighted by atomic mass is 10.1. The smallest absolute Gasteiger partial charge is 0.0344 e. The molecule has 0 amide bonds. The molecule has 0 saturated carbocycles. The number of rotatable bonds is 45. The second kappa shape index (κ2) is 43.8. The zero-order valence-corrected chi connectivity index (χ0v) is 40.5. The topological polar surface area (TPSA) is 0 Å². The fourth-order valence-electron chi connectivity index (χ4n) is 7.96. The summed E-state index contributed by atoms with van der Waals surface area (Å²) >= 11 is 6.54. The molecule has 324 valence electrons. The molecule has 0 saturated heterocycles. The molecular weight excluding hydrogens is 721 g/mol. The number of hydrogen-bond acceptors (Lipinski definition) is 3. The van der Waals surface area contributed by atoms with E-state index in [2.05, 4.69) is 75.1 Å². The first-order valence-corrected chi connectivity index (χ1v) is 28.2. The number of unbranched alkanes of at least 4 members (excludes halogenated alkanes) is 36. The van der Waals surface area contributed by atoms with Crippen LogP contribution in [0.25, 0.3) is 0 Å². The first-order valence-electron chi connectivity index (χ1n) is 25.3. The zero-order chi connectivity index (χ0) is 39.5. The Morgan fingerprint density at radius 3 is 0.709 bits per heavy atom. The summed E-state index contributed by atoms with van der Waals surface area (Å²) in [6.07, 6.45) is 56.2. The highest BCUT2D eigenvalue weighted by atomic mass is 32.2. The summed E-state index contributed by atoms with van der Waals surface area (Å²) in [6.45, 7) is 9.29. The monoisotopic (exact) mass is 819 g/mol. The van der Waals surface area contributed by atoms with Gasteiger partial charge >= 0.3 is 0 Å². The Labute approximate surface area is 361 Å². The highest BCUT2D eigenvalue weighted by Crippen LogP contribution is 2.41. The van der Waals surface area contributed by atoms with E-state index in [4.69, 9.17) is 0 Å². The Morgan fingerprint density at radius 1 is 0.273 bits per heavy atom. The van der Waals surface area contributed by atoms with Gasteiger partial charge in [0.1, 0.15) is 0 Å². The van der Waals surface area contributed by atoms with Crippen molar-refractivity contribution in [1.29, 1.82) is 0 Å². The molecule has 0 N–H and O–H groups in total. The highest BCUT2D eigenvalue weighted by molar-refractivity contribution is 8.03. The maximum atomic E-state index is 2.52. The van der Waals surface area contributed by atoms with Crippen LogP contribution in [-0.4, -0.2) is 17.3 Å². The Kier molecular flexibility index (Phi) is 42.5. The van der Waals surface area contributed by atoms with Gasteiger partial charge < -0.3 is 0 Å². The summed E-state index contributed by atoms with van der Waals surface area (Å²) in [5.74, 6) is 3.87. The van der Waals surface area contributed by atoms with Crippen LogP contribution in [0, 0.1) is 6.92 Å². The minimum atomic E-state index is 1.29. The highest BCUT2D eigenvalue weighted by Gasteiger charge is 2.12. The lowest BCUT2D eigenvalue weighted by molar-refractivity contribution is 0.543. The quantitative estimate of drug-likeness (QED) is 0.0475. The van der Waals surface area contributed by atoms with Crippen molar-refractivity contribution >= 4 is 35.3 Å². The van der Waals surface area contributed by atoms with E-state index in [1.54, 1.807) is 14.7 Å². The third-order valence-corrected chi connectivity index (χ3v) is 15.4. The van der Waals surface area contributed by atoms with Crippen molar-refractivity contribution in [3.63, 3.8) is 0 Å². The largest absolute Gasteiger partial charge is 0.125 e. The van der Waals surface area contributed by atoms with E-state index in [-0.39, 0.29) is 0 Å². The van der Waals surface area contributed by atoms with Gasteiger partial charge in [0.2, 0.25) is 0 Å². The molecule has 0 unspecified atom stereocenters. The third-order valence-electron chi connectivity index (χ3n) is 11.7. The van der Waals surface area contributed by atoms with Gasteiger partial charge in [0.25, 0.3) is 0 Å². The van der Waals surface area contributed by atoms with Crippen LogP contribution in [0.2, 0.25) is 0 Å². The van der Waals surface area contributed by atoms with E-state index in [1.807, 2.05) is 0 Å². The molecule has 1 rings (SSSR count). The summed E-state index contributed by atoms with van der Waals surface area (Å²) in [5, 5.41) is 0. The molecule has 0 aromatic heterocycles. The fraction of sp³-hybridized carbons (Fsp3) is 0.885. The standard InChI is InChI=1S/C52H98S3/c1-5-8-11-14-17-20-23-26-29-32-35-38-41-44-53-50-47-49(4)48-51(54-45-42-39-36-33-30-27-24-21-18-15-12-9-6-2)52(50)55-46-43-40-37-34-31-28-25-22-19-16-13-10-7-3/h47-48H,5-46H2,1-4H3. The Balaban J connectivity index is 2.40. The maximum absolute atomic E-state index is 2.52. The van der Waals surface area contributed by atoms with Crippen molar-refractivity contribution in [3.05, 3.63) is 17.7 Å². The number of aryl methyl sites for hydroxylation is 1. The first-order chi connectivity index (χ1) is 27.2. The van der Waals surface area contributed by atoms with Crippen molar-refractivity contribution in [1.82, 2.24) is 0 Å². The zero-order valence-electron chi connectivity index (χ0n) is 38.1. The summed E-state index contributed by atoms with van der Waals surface area (Å²) in [5.41, 5.74) is 1.46. The first kappa shape index (κ1) is 53.3. The van der Waals surface area contributed by atoms with Gasteiger partial charge in [-0.05, 0) is 61.1 Å². The fourth-order valence-corrected chi connectivity index (χ4v) is 11.8. The van der Waals surface area contributed by atoms with Gasteiger partial charge in [-0.2, -0.15) is 0 Å². The predicted molar refractivity (Wildman–Crippen MR) is 260 cm³/mol. The van der Waals surface area contributed by atoms with E-state index in [0.29, 0.717) is 0 Å². The molecule has 0 aliphatic rings. The van der Waals surface area contributed by atoms with E-state index in [9.17, 15) is 0 Å². The molecule has 0 spiro atoms. The number of thioether (sulfide) groups is 3. The van der Waals surface area contributed by atoms with E-state index < -0.39 is 0 Å². The molecule has 0 heterocycles. The van der Waals surface area contributed by atoms with Crippen LogP contribution in [0.1, 0.15) is 277 Å². The molecule has 0 bridgehead atoms. The van der Waals surface area contributed by atoms with Crippen molar-refractivity contribution in [2.24, 2.45) is 0 Å². The summed E-state index contributed by atoms with van der Waals surface area (Å²) in [7, 11) is 0. The van der Waals surface area contributed by atoms with E-state index in [1.165, 1.54) is 273 Å².